The lowest BCUT2D eigenvalue weighted by molar-refractivity contribution is 0.156. The van der Waals surface area contributed by atoms with E-state index in [1.165, 1.54) is 47.9 Å². The largest absolute Gasteiger partial charge is 0.324 e. The van der Waals surface area contributed by atoms with Crippen molar-refractivity contribution in [2.24, 2.45) is 0 Å². The van der Waals surface area contributed by atoms with Gasteiger partial charge in [-0.15, -0.1) is 11.6 Å². The summed E-state index contributed by atoms with van der Waals surface area (Å²) in [4.78, 5) is 7.43. The molecule has 0 aliphatic carbocycles. The number of halogens is 2. The number of hydrogen-bond acceptors (Lipinski definition) is 2. The van der Waals surface area contributed by atoms with Gasteiger partial charge in [-0.2, -0.15) is 0 Å². The summed E-state index contributed by atoms with van der Waals surface area (Å²) in [6, 6.07) is 7.87. The van der Waals surface area contributed by atoms with Gasteiger partial charge in [-0.05, 0) is 73.0 Å². The normalized spacial score (nSPS) is 26.4. The van der Waals surface area contributed by atoms with Gasteiger partial charge in [0.15, 0.2) is 0 Å². The first-order chi connectivity index (χ1) is 10.3. The van der Waals surface area contributed by atoms with E-state index in [0.29, 0.717) is 11.9 Å². The highest BCUT2D eigenvalue weighted by Crippen LogP contribution is 2.36. The molecular formula is C16H19ClIN3. The van der Waals surface area contributed by atoms with E-state index in [4.69, 9.17) is 16.6 Å². The highest BCUT2D eigenvalue weighted by atomic mass is 127. The highest BCUT2D eigenvalue weighted by molar-refractivity contribution is 14.1. The average molecular weight is 416 g/mol. The van der Waals surface area contributed by atoms with Crippen LogP contribution < -0.4 is 0 Å². The molecule has 1 aromatic heterocycles. The fourth-order valence-corrected chi connectivity index (χ4v) is 4.72. The third-order valence-electron chi connectivity index (χ3n) is 5.00. The van der Waals surface area contributed by atoms with Crippen molar-refractivity contribution < 1.29 is 0 Å². The lowest BCUT2D eigenvalue weighted by atomic mass is 9.97. The van der Waals surface area contributed by atoms with Crippen LogP contribution >= 0.6 is 34.2 Å². The molecule has 2 fully saturated rings. The second-order valence-corrected chi connectivity index (χ2v) is 7.69. The lowest BCUT2D eigenvalue weighted by Crippen LogP contribution is -2.38. The first kappa shape index (κ1) is 14.3. The third kappa shape index (κ3) is 2.49. The van der Waals surface area contributed by atoms with Crippen LogP contribution in [-0.4, -0.2) is 33.6 Å². The zero-order valence-electron chi connectivity index (χ0n) is 11.9. The number of hydrogen-bond donors (Lipinski definition) is 0. The van der Waals surface area contributed by atoms with Crippen LogP contribution in [0, 0.1) is 3.57 Å². The van der Waals surface area contributed by atoms with Crippen molar-refractivity contribution >= 4 is 45.2 Å². The van der Waals surface area contributed by atoms with Crippen LogP contribution in [0.25, 0.3) is 11.0 Å². The number of nitrogens with zero attached hydrogens (tertiary/aromatic N) is 3. The van der Waals surface area contributed by atoms with E-state index in [1.807, 2.05) is 0 Å². The van der Waals surface area contributed by atoms with E-state index in [0.717, 1.165) is 17.4 Å². The smallest absolute Gasteiger partial charge is 0.125 e. The fraction of sp³-hybridized carbons (Fsp3) is 0.562. The maximum absolute atomic E-state index is 6.18. The standard InChI is InChI=1S/C16H19ClIN3/c17-10-16-19-14-8-11(18)3-4-15(14)21(16)13-5-7-20-6-1-2-12(20)9-13/h3-4,8,12-13H,1-2,5-7,9-10H2. The Morgan fingerprint density at radius 1 is 1.24 bits per heavy atom. The molecule has 2 saturated heterocycles. The zero-order chi connectivity index (χ0) is 14.4. The average Bonchev–Trinajstić information content (AvgIpc) is 3.09. The second kappa shape index (κ2) is 5.70. The minimum atomic E-state index is 0.496. The van der Waals surface area contributed by atoms with Crippen LogP contribution in [0.4, 0.5) is 0 Å². The van der Waals surface area contributed by atoms with E-state index in [1.54, 1.807) is 0 Å². The topological polar surface area (TPSA) is 21.1 Å². The van der Waals surface area contributed by atoms with Gasteiger partial charge in [0.1, 0.15) is 5.82 Å². The van der Waals surface area contributed by atoms with Crippen LogP contribution in [0.2, 0.25) is 0 Å². The summed E-state index contributed by atoms with van der Waals surface area (Å²) in [5, 5.41) is 0. The molecular weight excluding hydrogens is 397 g/mol. The van der Waals surface area contributed by atoms with E-state index in [-0.39, 0.29) is 0 Å². The fourth-order valence-electron chi connectivity index (χ4n) is 4.06. The van der Waals surface area contributed by atoms with Crippen LogP contribution in [0.5, 0.6) is 0 Å². The van der Waals surface area contributed by atoms with Gasteiger partial charge in [-0.1, -0.05) is 0 Å². The summed E-state index contributed by atoms with van der Waals surface area (Å²) in [5.74, 6) is 1.53. The molecule has 0 radical (unpaired) electrons. The quantitative estimate of drug-likeness (QED) is 0.542. The molecule has 0 saturated carbocycles. The molecule has 0 N–H and O–H groups in total. The molecule has 2 unspecified atom stereocenters. The van der Waals surface area contributed by atoms with Crippen molar-refractivity contribution in [3.8, 4) is 0 Å². The van der Waals surface area contributed by atoms with Crippen molar-refractivity contribution in [3.05, 3.63) is 27.6 Å². The van der Waals surface area contributed by atoms with Crippen molar-refractivity contribution in [3.63, 3.8) is 0 Å². The first-order valence-corrected chi connectivity index (χ1v) is 9.34. The molecule has 1 aromatic carbocycles. The van der Waals surface area contributed by atoms with E-state index in [9.17, 15) is 0 Å². The molecule has 3 heterocycles. The lowest BCUT2D eigenvalue weighted by Gasteiger charge is -2.36. The van der Waals surface area contributed by atoms with Crippen LogP contribution in [0.15, 0.2) is 18.2 Å². The van der Waals surface area contributed by atoms with Gasteiger partial charge in [-0.3, -0.25) is 0 Å². The Balaban J connectivity index is 1.74. The molecule has 3 nitrogen and oxygen atoms in total. The number of rotatable bonds is 2. The van der Waals surface area contributed by atoms with Gasteiger partial charge in [0.2, 0.25) is 0 Å². The Labute approximate surface area is 143 Å². The first-order valence-electron chi connectivity index (χ1n) is 7.72. The number of piperidine rings is 1. The number of imidazole rings is 1. The van der Waals surface area contributed by atoms with Gasteiger partial charge in [0, 0.05) is 22.2 Å². The van der Waals surface area contributed by atoms with E-state index < -0.39 is 0 Å². The second-order valence-electron chi connectivity index (χ2n) is 6.17. The third-order valence-corrected chi connectivity index (χ3v) is 5.91. The highest BCUT2D eigenvalue weighted by Gasteiger charge is 2.33. The molecule has 4 rings (SSSR count). The van der Waals surface area contributed by atoms with Crippen LogP contribution in [0.3, 0.4) is 0 Å². The Morgan fingerprint density at radius 2 is 2.14 bits per heavy atom. The molecule has 5 heteroatoms. The number of benzene rings is 1. The van der Waals surface area contributed by atoms with Crippen LogP contribution in [0.1, 0.15) is 37.5 Å². The summed E-state index contributed by atoms with van der Waals surface area (Å²) < 4.78 is 3.66. The molecule has 2 aromatic rings. The molecule has 0 amide bonds. The van der Waals surface area contributed by atoms with Crippen LogP contribution in [-0.2, 0) is 5.88 Å². The van der Waals surface area contributed by atoms with Crippen molar-refractivity contribution in [2.75, 3.05) is 13.1 Å². The van der Waals surface area contributed by atoms with Gasteiger partial charge >= 0.3 is 0 Å². The van der Waals surface area contributed by atoms with E-state index in [2.05, 4.69) is 50.3 Å². The summed E-state index contributed by atoms with van der Waals surface area (Å²) in [6.45, 7) is 2.52. The Morgan fingerprint density at radius 3 is 3.00 bits per heavy atom. The Hall–Kier alpha value is -0.330. The minimum Gasteiger partial charge on any atom is -0.324 e. The molecule has 0 bridgehead atoms. The van der Waals surface area contributed by atoms with Crippen molar-refractivity contribution in [1.29, 1.82) is 0 Å². The molecule has 2 aliphatic rings. The summed E-state index contributed by atoms with van der Waals surface area (Å²) in [5.41, 5.74) is 2.34. The van der Waals surface area contributed by atoms with Crippen molar-refractivity contribution in [2.45, 2.75) is 43.6 Å². The Kier molecular flexibility index (Phi) is 3.88. The monoisotopic (exact) mass is 415 g/mol. The van der Waals surface area contributed by atoms with Gasteiger partial charge in [0.05, 0.1) is 16.9 Å². The molecule has 21 heavy (non-hydrogen) atoms. The predicted molar refractivity (Wildman–Crippen MR) is 94.9 cm³/mol. The number of alkyl halides is 1. The SMILES string of the molecule is ClCc1nc2cc(I)ccc2n1C1CCN2CCCC2C1. The molecule has 2 atom stereocenters. The summed E-state index contributed by atoms with van der Waals surface area (Å²) in [6.07, 6.45) is 5.19. The zero-order valence-corrected chi connectivity index (χ0v) is 14.8. The summed E-state index contributed by atoms with van der Waals surface area (Å²) in [7, 11) is 0. The van der Waals surface area contributed by atoms with E-state index >= 15 is 0 Å². The Bertz CT molecular complexity index is 669. The molecule has 2 aliphatic heterocycles. The maximum Gasteiger partial charge on any atom is 0.125 e. The summed E-state index contributed by atoms with van der Waals surface area (Å²) >= 11 is 8.52. The molecule has 112 valence electrons. The number of aromatic nitrogens is 2. The molecule has 0 spiro atoms. The van der Waals surface area contributed by atoms with Gasteiger partial charge in [0.25, 0.3) is 0 Å². The maximum atomic E-state index is 6.18. The van der Waals surface area contributed by atoms with Gasteiger partial charge in [-0.25, -0.2) is 4.98 Å². The van der Waals surface area contributed by atoms with Gasteiger partial charge < -0.3 is 9.47 Å². The number of fused-ring (bicyclic) bond motifs is 2. The predicted octanol–water partition coefficient (Wildman–Crippen LogP) is 4.18. The van der Waals surface area contributed by atoms with Crippen molar-refractivity contribution in [1.82, 2.24) is 14.5 Å². The minimum absolute atomic E-state index is 0.496.